The zero-order valence-electron chi connectivity index (χ0n) is 17.2. The number of aromatic amines is 1. The first-order valence-corrected chi connectivity index (χ1v) is 10.1. The smallest absolute Gasteiger partial charge is 0.240 e. The molecule has 0 aliphatic carbocycles. The van der Waals surface area contributed by atoms with E-state index in [-0.39, 0.29) is 29.8 Å². The Bertz CT molecular complexity index is 1130. The Morgan fingerprint density at radius 3 is 2.59 bits per heavy atom. The molecule has 0 spiro atoms. The van der Waals surface area contributed by atoms with Crippen molar-refractivity contribution < 1.29 is 32.9 Å². The largest absolute Gasteiger partial charge is 1.00 e. The maximum Gasteiger partial charge on any atom is 0.240 e. The van der Waals surface area contributed by atoms with Gasteiger partial charge in [0.15, 0.2) is 0 Å². The molecule has 4 aromatic rings. The van der Waals surface area contributed by atoms with Gasteiger partial charge in [0, 0.05) is 12.6 Å². The Morgan fingerprint density at radius 1 is 1.07 bits per heavy atom. The van der Waals surface area contributed by atoms with Gasteiger partial charge in [-0.15, -0.1) is 0 Å². The number of nitrogens with one attached hydrogen (secondary N) is 2. The molecule has 0 amide bonds. The van der Waals surface area contributed by atoms with Crippen LogP contribution in [-0.4, -0.2) is 36.1 Å². The van der Waals surface area contributed by atoms with Gasteiger partial charge in [0.05, 0.1) is 22.0 Å². The molecular formula is C23H28FIN4. The number of H-pyrrole nitrogens is 1. The van der Waals surface area contributed by atoms with E-state index in [1.807, 2.05) is 19.2 Å². The van der Waals surface area contributed by atoms with Gasteiger partial charge in [-0.2, -0.15) is 4.57 Å². The predicted octanol–water partition coefficient (Wildman–Crippen LogP) is 1.59. The molecule has 4 rings (SSSR count). The summed E-state index contributed by atoms with van der Waals surface area (Å²) in [7, 11) is 2.05. The first-order valence-electron chi connectivity index (χ1n) is 10.1. The Kier molecular flexibility index (Phi) is 6.95. The maximum absolute atomic E-state index is 13.9. The fourth-order valence-corrected chi connectivity index (χ4v) is 4.15. The lowest BCUT2D eigenvalue weighted by atomic mass is 10.1. The maximum atomic E-state index is 13.9. The van der Waals surface area contributed by atoms with E-state index >= 15 is 0 Å². The summed E-state index contributed by atoms with van der Waals surface area (Å²) in [5.74, 6) is -0.213. The van der Waals surface area contributed by atoms with E-state index in [9.17, 15) is 4.39 Å². The summed E-state index contributed by atoms with van der Waals surface area (Å²) >= 11 is 0. The van der Waals surface area contributed by atoms with Crippen LogP contribution in [0.15, 0.2) is 42.5 Å². The van der Waals surface area contributed by atoms with Gasteiger partial charge in [-0.1, -0.05) is 26.0 Å². The molecule has 2 N–H and O–H groups in total. The van der Waals surface area contributed by atoms with Crippen LogP contribution >= 0.6 is 0 Å². The highest BCUT2D eigenvalue weighted by molar-refractivity contribution is 6.13. The van der Waals surface area contributed by atoms with Crippen molar-refractivity contribution >= 4 is 38.5 Å². The lowest BCUT2D eigenvalue weighted by Gasteiger charge is -2.18. The number of halogens is 2. The number of benzene rings is 2. The summed E-state index contributed by atoms with van der Waals surface area (Å²) in [4.78, 5) is 5.95. The van der Waals surface area contributed by atoms with Crippen LogP contribution in [-0.2, 0) is 7.05 Å². The minimum absolute atomic E-state index is 0. The van der Waals surface area contributed by atoms with Crippen molar-refractivity contribution in [1.29, 1.82) is 0 Å². The van der Waals surface area contributed by atoms with E-state index in [2.05, 4.69) is 51.8 Å². The number of hydrogen-bond donors (Lipinski definition) is 2. The number of rotatable bonds is 7. The molecule has 154 valence electrons. The average Bonchev–Trinajstić information content (AvgIpc) is 3.09. The normalized spacial score (nSPS) is 11.5. The van der Waals surface area contributed by atoms with Gasteiger partial charge in [0.25, 0.3) is 0 Å². The van der Waals surface area contributed by atoms with E-state index in [4.69, 9.17) is 0 Å². The first-order chi connectivity index (χ1) is 13.6. The van der Waals surface area contributed by atoms with Gasteiger partial charge in [0.1, 0.15) is 18.4 Å². The molecule has 0 aliphatic rings. The average molecular weight is 506 g/mol. The summed E-state index contributed by atoms with van der Waals surface area (Å²) in [5.41, 5.74) is 5.24. The molecule has 0 saturated heterocycles. The van der Waals surface area contributed by atoms with Gasteiger partial charge in [-0.3, -0.25) is 0 Å². The van der Waals surface area contributed by atoms with Gasteiger partial charge >= 0.3 is 0 Å². The third kappa shape index (κ3) is 4.05. The third-order valence-corrected chi connectivity index (χ3v) is 5.70. The van der Waals surface area contributed by atoms with E-state index in [0.29, 0.717) is 0 Å². The SMILES string of the molecule is CCN(CC)CCCNc1c2ccccc2[n+](C)c2c1[nH]c1ccc(F)cc12.[I-]. The van der Waals surface area contributed by atoms with Crippen molar-refractivity contribution in [3.63, 3.8) is 0 Å². The van der Waals surface area contributed by atoms with Crippen molar-refractivity contribution in [2.24, 2.45) is 7.05 Å². The lowest BCUT2D eigenvalue weighted by molar-refractivity contribution is -0.616. The third-order valence-electron chi connectivity index (χ3n) is 5.70. The number of fused-ring (bicyclic) bond motifs is 4. The number of para-hydroxylation sites is 1. The summed E-state index contributed by atoms with van der Waals surface area (Å²) in [6, 6.07) is 13.3. The predicted molar refractivity (Wildman–Crippen MR) is 115 cm³/mol. The molecule has 0 unspecified atom stereocenters. The minimum atomic E-state index is -0.213. The highest BCUT2D eigenvalue weighted by Gasteiger charge is 2.22. The van der Waals surface area contributed by atoms with Gasteiger partial charge in [-0.05, 0) is 50.3 Å². The standard InChI is InChI=1S/C23H27FN4.HI/c1-4-28(5-2)14-8-13-25-21-17-9-6-7-10-20(17)27(3)23-18-15-16(24)11-12-19(18)26-22(21)23;/h6-7,9-12,15H,4-5,8,13-14H2,1-3H3,(H,25,26);1H. The minimum Gasteiger partial charge on any atom is -1.00 e. The van der Waals surface area contributed by atoms with Crippen LogP contribution in [0, 0.1) is 5.82 Å². The van der Waals surface area contributed by atoms with Crippen LogP contribution in [0.5, 0.6) is 0 Å². The molecule has 0 bridgehead atoms. The zero-order chi connectivity index (χ0) is 19.7. The molecule has 2 aromatic carbocycles. The molecule has 0 atom stereocenters. The molecule has 0 aliphatic heterocycles. The molecule has 0 saturated carbocycles. The second-order valence-electron chi connectivity index (χ2n) is 7.30. The van der Waals surface area contributed by atoms with E-state index in [0.717, 1.165) is 65.7 Å². The van der Waals surface area contributed by atoms with Crippen molar-refractivity contribution in [2.75, 3.05) is 31.5 Å². The first kappa shape index (κ1) is 21.8. The Balaban J connectivity index is 0.00000240. The van der Waals surface area contributed by atoms with E-state index < -0.39 is 0 Å². The Labute approximate surface area is 188 Å². The number of anilines is 1. The second kappa shape index (κ2) is 9.26. The van der Waals surface area contributed by atoms with Crippen LogP contribution in [0.1, 0.15) is 20.3 Å². The molecule has 29 heavy (non-hydrogen) atoms. The lowest BCUT2D eigenvalue weighted by Crippen LogP contribution is -3.00. The van der Waals surface area contributed by atoms with Crippen LogP contribution in [0.25, 0.3) is 32.8 Å². The topological polar surface area (TPSA) is 34.9 Å². The quantitative estimate of drug-likeness (QED) is 0.227. The van der Waals surface area contributed by atoms with Crippen molar-refractivity contribution in [1.82, 2.24) is 9.88 Å². The fraction of sp³-hybridized carbons (Fsp3) is 0.348. The second-order valence-corrected chi connectivity index (χ2v) is 7.30. The molecule has 2 heterocycles. The number of nitrogens with zero attached hydrogens (tertiary/aromatic N) is 2. The summed E-state index contributed by atoms with van der Waals surface area (Å²) in [5, 5.41) is 5.76. The van der Waals surface area contributed by atoms with Crippen LogP contribution in [0.3, 0.4) is 0 Å². The molecule has 0 radical (unpaired) electrons. The van der Waals surface area contributed by atoms with Crippen molar-refractivity contribution in [2.45, 2.75) is 20.3 Å². The van der Waals surface area contributed by atoms with E-state index in [1.54, 1.807) is 6.07 Å². The molecule has 0 fully saturated rings. The Hall–Kier alpha value is -1.93. The van der Waals surface area contributed by atoms with Crippen LogP contribution in [0.2, 0.25) is 0 Å². The molecule has 4 nitrogen and oxygen atoms in total. The van der Waals surface area contributed by atoms with Crippen molar-refractivity contribution in [3.8, 4) is 0 Å². The number of hydrogen-bond acceptors (Lipinski definition) is 2. The summed E-state index contributed by atoms with van der Waals surface area (Å²) in [6.45, 7) is 8.55. The monoisotopic (exact) mass is 506 g/mol. The summed E-state index contributed by atoms with van der Waals surface area (Å²) in [6.07, 6.45) is 1.08. The number of aromatic nitrogens is 2. The number of aryl methyl sites for hydroxylation is 1. The molecular weight excluding hydrogens is 478 g/mol. The van der Waals surface area contributed by atoms with Gasteiger partial charge in [-0.25, -0.2) is 4.39 Å². The zero-order valence-corrected chi connectivity index (χ0v) is 19.4. The number of pyridine rings is 1. The van der Waals surface area contributed by atoms with Crippen molar-refractivity contribution in [3.05, 3.63) is 48.3 Å². The summed E-state index contributed by atoms with van der Waals surface area (Å²) < 4.78 is 16.1. The Morgan fingerprint density at radius 2 is 1.83 bits per heavy atom. The molecule has 2 aromatic heterocycles. The van der Waals surface area contributed by atoms with Gasteiger partial charge in [0.2, 0.25) is 11.0 Å². The highest BCUT2D eigenvalue weighted by atomic mass is 127. The van der Waals surface area contributed by atoms with Gasteiger partial charge < -0.3 is 39.2 Å². The van der Waals surface area contributed by atoms with Crippen LogP contribution < -0.4 is 33.9 Å². The fourth-order valence-electron chi connectivity index (χ4n) is 4.15. The van der Waals surface area contributed by atoms with Crippen LogP contribution in [0.4, 0.5) is 10.1 Å². The van der Waals surface area contributed by atoms with E-state index in [1.165, 1.54) is 11.5 Å². The highest BCUT2D eigenvalue weighted by Crippen LogP contribution is 2.33. The molecule has 6 heteroatoms.